The van der Waals surface area contributed by atoms with E-state index in [0.29, 0.717) is 17.2 Å². The van der Waals surface area contributed by atoms with E-state index in [1.54, 1.807) is 18.2 Å². The van der Waals surface area contributed by atoms with Crippen molar-refractivity contribution in [3.63, 3.8) is 0 Å². The Morgan fingerprint density at radius 3 is 1.92 bits per heavy atom. The quantitative estimate of drug-likeness (QED) is 0.881. The van der Waals surface area contributed by atoms with E-state index in [2.05, 4.69) is 5.32 Å². The summed E-state index contributed by atoms with van der Waals surface area (Å²) >= 11 is 0. The zero-order valence-corrected chi connectivity index (χ0v) is 13.9. The first-order valence-electron chi connectivity index (χ1n) is 8.28. The minimum absolute atomic E-state index is 0.0515. The standard InChI is InChI=1S/C18H23NO5/c1-23-13-7-12(8-14(9-13)24-2)19-17(20)15-10-3-5-11(6-4-10)16(15)18(21)22/h7-11,15-16H,3-6H2,1-2H3,(H,19,20)(H,21,22)/p-1/t10?,11?,15-,16-/m0/s1. The van der Waals surface area contributed by atoms with Gasteiger partial charge in [0.2, 0.25) is 5.91 Å². The number of amides is 1. The Kier molecular flexibility index (Phi) is 4.64. The lowest BCUT2D eigenvalue weighted by molar-refractivity contribution is -0.318. The summed E-state index contributed by atoms with van der Waals surface area (Å²) in [5, 5.41) is 14.4. The first kappa shape index (κ1) is 16.6. The maximum atomic E-state index is 12.8. The van der Waals surface area contributed by atoms with Crippen LogP contribution in [0.4, 0.5) is 5.69 Å². The van der Waals surface area contributed by atoms with E-state index < -0.39 is 17.8 Å². The molecule has 0 aliphatic heterocycles. The zero-order valence-electron chi connectivity index (χ0n) is 13.9. The second kappa shape index (κ2) is 6.71. The molecule has 0 aromatic heterocycles. The third kappa shape index (κ3) is 3.05. The zero-order chi connectivity index (χ0) is 17.3. The first-order chi connectivity index (χ1) is 11.5. The lowest BCUT2D eigenvalue weighted by Crippen LogP contribution is -2.52. The Morgan fingerprint density at radius 2 is 1.46 bits per heavy atom. The van der Waals surface area contributed by atoms with Gasteiger partial charge in [0.1, 0.15) is 11.5 Å². The third-order valence-corrected chi connectivity index (χ3v) is 5.41. The lowest BCUT2D eigenvalue weighted by atomic mass is 9.58. The molecule has 0 heterocycles. The van der Waals surface area contributed by atoms with E-state index in [9.17, 15) is 14.7 Å². The number of carbonyl (C=O) groups is 2. The van der Waals surface area contributed by atoms with Gasteiger partial charge in [0.05, 0.1) is 14.2 Å². The number of ether oxygens (including phenoxy) is 2. The van der Waals surface area contributed by atoms with Gasteiger partial charge in [-0.05, 0) is 37.5 Å². The average Bonchev–Trinajstić information content (AvgIpc) is 2.61. The summed E-state index contributed by atoms with van der Waals surface area (Å²) in [6.07, 6.45) is 3.57. The molecule has 1 aromatic rings. The van der Waals surface area contributed by atoms with Crippen LogP contribution in [0.5, 0.6) is 11.5 Å². The molecule has 24 heavy (non-hydrogen) atoms. The van der Waals surface area contributed by atoms with Crippen molar-refractivity contribution in [3.8, 4) is 11.5 Å². The summed E-state index contributed by atoms with van der Waals surface area (Å²) in [5.41, 5.74) is 0.537. The Labute approximate surface area is 141 Å². The smallest absolute Gasteiger partial charge is 0.228 e. The molecule has 0 saturated heterocycles. The van der Waals surface area contributed by atoms with Crippen LogP contribution in [0.25, 0.3) is 0 Å². The first-order valence-corrected chi connectivity index (χ1v) is 8.28. The molecule has 0 spiro atoms. The van der Waals surface area contributed by atoms with Crippen molar-refractivity contribution in [2.45, 2.75) is 25.7 Å². The lowest BCUT2D eigenvalue weighted by Gasteiger charge is -2.48. The molecule has 2 atom stereocenters. The minimum Gasteiger partial charge on any atom is -0.550 e. The van der Waals surface area contributed by atoms with Gasteiger partial charge in [-0.25, -0.2) is 0 Å². The Morgan fingerprint density at radius 1 is 0.958 bits per heavy atom. The molecule has 6 nitrogen and oxygen atoms in total. The maximum absolute atomic E-state index is 12.8. The Hall–Kier alpha value is -2.24. The highest BCUT2D eigenvalue weighted by Crippen LogP contribution is 2.49. The average molecular weight is 332 g/mol. The molecule has 4 rings (SSSR count). The summed E-state index contributed by atoms with van der Waals surface area (Å²) in [6, 6.07) is 5.09. The monoisotopic (exact) mass is 332 g/mol. The number of benzene rings is 1. The van der Waals surface area contributed by atoms with Crippen molar-refractivity contribution in [2.24, 2.45) is 23.7 Å². The summed E-state index contributed by atoms with van der Waals surface area (Å²) in [7, 11) is 3.07. The van der Waals surface area contributed by atoms with Gasteiger partial charge in [0.25, 0.3) is 0 Å². The second-order valence-corrected chi connectivity index (χ2v) is 6.64. The number of carboxylic acids is 1. The van der Waals surface area contributed by atoms with Gasteiger partial charge in [-0.1, -0.05) is 0 Å². The number of methoxy groups -OCH3 is 2. The van der Waals surface area contributed by atoms with E-state index in [4.69, 9.17) is 9.47 Å². The molecule has 0 radical (unpaired) electrons. The van der Waals surface area contributed by atoms with Gasteiger partial charge in [-0.15, -0.1) is 0 Å². The van der Waals surface area contributed by atoms with E-state index >= 15 is 0 Å². The molecule has 0 unspecified atom stereocenters. The number of rotatable bonds is 5. The van der Waals surface area contributed by atoms with Crippen molar-refractivity contribution >= 4 is 17.6 Å². The fraction of sp³-hybridized carbons (Fsp3) is 0.556. The SMILES string of the molecule is COc1cc(NC(=O)[C@H]2C3CCC(CC3)[C@@H]2C(=O)[O-])cc(OC)c1. The van der Waals surface area contributed by atoms with Crippen LogP contribution in [0.2, 0.25) is 0 Å². The normalized spacial score (nSPS) is 28.2. The van der Waals surface area contributed by atoms with Crippen molar-refractivity contribution in [1.82, 2.24) is 0 Å². The van der Waals surface area contributed by atoms with E-state index in [1.165, 1.54) is 14.2 Å². The van der Waals surface area contributed by atoms with Crippen LogP contribution in [0.15, 0.2) is 18.2 Å². The van der Waals surface area contributed by atoms with Crippen molar-refractivity contribution in [2.75, 3.05) is 19.5 Å². The van der Waals surface area contributed by atoms with Crippen LogP contribution in [-0.2, 0) is 9.59 Å². The molecule has 1 N–H and O–H groups in total. The molecule has 3 aliphatic rings. The Bertz CT molecular complexity index is 614. The fourth-order valence-corrected chi connectivity index (χ4v) is 4.27. The number of fused-ring (bicyclic) bond motifs is 3. The topological polar surface area (TPSA) is 87.7 Å². The molecule has 2 bridgehead atoms. The van der Waals surface area contributed by atoms with Crippen molar-refractivity contribution in [1.29, 1.82) is 0 Å². The molecule has 6 heteroatoms. The number of anilines is 1. The minimum atomic E-state index is -1.10. The molecule has 1 aromatic carbocycles. The van der Waals surface area contributed by atoms with Gasteiger partial charge in [-0.3, -0.25) is 4.79 Å². The van der Waals surface area contributed by atoms with Gasteiger partial charge < -0.3 is 24.7 Å². The van der Waals surface area contributed by atoms with Crippen molar-refractivity contribution in [3.05, 3.63) is 18.2 Å². The summed E-state index contributed by atoms with van der Waals surface area (Å²) in [6.45, 7) is 0. The maximum Gasteiger partial charge on any atom is 0.228 e. The van der Waals surface area contributed by atoms with Gasteiger partial charge >= 0.3 is 0 Å². The number of aliphatic carboxylic acids is 1. The molecular weight excluding hydrogens is 310 g/mol. The largest absolute Gasteiger partial charge is 0.550 e. The molecule has 130 valence electrons. The van der Waals surface area contributed by atoms with Crippen LogP contribution in [0, 0.1) is 23.7 Å². The predicted molar refractivity (Wildman–Crippen MR) is 85.6 cm³/mol. The molecule has 3 aliphatic carbocycles. The van der Waals surface area contributed by atoms with Crippen LogP contribution in [0.1, 0.15) is 25.7 Å². The van der Waals surface area contributed by atoms with E-state index in [0.717, 1.165) is 25.7 Å². The van der Waals surface area contributed by atoms with Crippen LogP contribution >= 0.6 is 0 Å². The van der Waals surface area contributed by atoms with Crippen LogP contribution < -0.4 is 19.9 Å². The highest BCUT2D eigenvalue weighted by atomic mass is 16.5. The molecule has 1 amide bonds. The summed E-state index contributed by atoms with van der Waals surface area (Å²) in [4.78, 5) is 24.4. The third-order valence-electron chi connectivity index (χ3n) is 5.41. The Balaban J connectivity index is 1.82. The van der Waals surface area contributed by atoms with Crippen molar-refractivity contribution < 1.29 is 24.2 Å². The number of nitrogens with one attached hydrogen (secondary N) is 1. The van der Waals surface area contributed by atoms with Crippen LogP contribution in [0.3, 0.4) is 0 Å². The van der Waals surface area contributed by atoms with Gasteiger partial charge in [0, 0.05) is 41.7 Å². The molecule has 3 fully saturated rings. The van der Waals surface area contributed by atoms with E-state index in [1.807, 2.05) is 0 Å². The number of carboxylic acid groups (broad SMARTS) is 1. The van der Waals surface area contributed by atoms with Gasteiger partial charge in [-0.2, -0.15) is 0 Å². The summed E-state index contributed by atoms with van der Waals surface area (Å²) in [5.74, 6) is -1.29. The van der Waals surface area contributed by atoms with Crippen LogP contribution in [-0.4, -0.2) is 26.1 Å². The highest BCUT2D eigenvalue weighted by Gasteiger charge is 2.47. The predicted octanol–water partition coefficient (Wildman–Crippen LogP) is 1.44. The second-order valence-electron chi connectivity index (χ2n) is 6.64. The fourth-order valence-electron chi connectivity index (χ4n) is 4.27. The van der Waals surface area contributed by atoms with E-state index in [-0.39, 0.29) is 17.7 Å². The highest BCUT2D eigenvalue weighted by molar-refractivity contribution is 5.95. The van der Waals surface area contributed by atoms with Gasteiger partial charge in [0.15, 0.2) is 0 Å². The number of hydrogen-bond acceptors (Lipinski definition) is 5. The number of carbonyl (C=O) groups excluding carboxylic acids is 2. The molecular formula is C18H22NO5-. The number of hydrogen-bond donors (Lipinski definition) is 1. The molecule has 3 saturated carbocycles. The summed E-state index contributed by atoms with van der Waals surface area (Å²) < 4.78 is 10.4.